The van der Waals surface area contributed by atoms with Crippen molar-refractivity contribution in [3.05, 3.63) is 58.7 Å². The monoisotopic (exact) mass is 669 g/mol. The molecule has 1 aliphatic carbocycles. The van der Waals surface area contributed by atoms with Gasteiger partial charge in [-0.25, -0.2) is 0 Å². The summed E-state index contributed by atoms with van der Waals surface area (Å²) in [5, 5.41) is 0. The summed E-state index contributed by atoms with van der Waals surface area (Å²) in [5.74, 6) is 0.625. The van der Waals surface area contributed by atoms with Crippen LogP contribution in [0.5, 0.6) is 11.5 Å². The van der Waals surface area contributed by atoms with E-state index in [-0.39, 0.29) is 11.6 Å². The van der Waals surface area contributed by atoms with Gasteiger partial charge in [0.15, 0.2) is 11.5 Å². The van der Waals surface area contributed by atoms with Gasteiger partial charge in [0.1, 0.15) is 0 Å². The van der Waals surface area contributed by atoms with Gasteiger partial charge in [0.25, 0.3) is 0 Å². The molecule has 2 aromatic rings. The molecule has 5 rings (SSSR count). The maximum atomic E-state index is 13.6. The number of carbonyl (C=O) groups excluding carboxylic acids is 1. The van der Waals surface area contributed by atoms with E-state index in [0.717, 1.165) is 51.1 Å². The number of amides is 1. The Morgan fingerprint density at radius 3 is 2.04 bits per heavy atom. The first-order valence-electron chi connectivity index (χ1n) is 16.6. The molecule has 0 bridgehead atoms. The molecule has 3 aliphatic rings. The second kappa shape index (κ2) is 14.6. The fraction of sp³-hybridized carbons (Fsp3) is 0.629. The molecule has 2 saturated heterocycles. The molecule has 0 spiro atoms. The Kier molecular flexibility index (Phi) is 11.0. The molecule has 0 N–H and O–H groups in total. The number of alkyl halides is 6. The summed E-state index contributed by atoms with van der Waals surface area (Å²) in [7, 11) is 3.11. The van der Waals surface area contributed by atoms with Gasteiger partial charge in [-0.1, -0.05) is 25.3 Å². The number of hydrogen-bond donors (Lipinski definition) is 0. The first-order valence-corrected chi connectivity index (χ1v) is 16.6. The largest absolute Gasteiger partial charge is 0.493 e. The lowest BCUT2D eigenvalue weighted by Crippen LogP contribution is -2.53. The van der Waals surface area contributed by atoms with E-state index in [0.29, 0.717) is 49.2 Å². The first kappa shape index (κ1) is 35.3. The second-order valence-corrected chi connectivity index (χ2v) is 13.3. The van der Waals surface area contributed by atoms with Crippen LogP contribution in [0.1, 0.15) is 73.6 Å². The second-order valence-electron chi connectivity index (χ2n) is 13.3. The van der Waals surface area contributed by atoms with Crippen LogP contribution in [0.15, 0.2) is 36.4 Å². The van der Waals surface area contributed by atoms with Crippen LogP contribution in [0.2, 0.25) is 0 Å². The Bertz CT molecular complexity index is 1340. The molecule has 2 aliphatic heterocycles. The van der Waals surface area contributed by atoms with Crippen LogP contribution >= 0.6 is 0 Å². The third kappa shape index (κ3) is 8.54. The van der Waals surface area contributed by atoms with Crippen molar-refractivity contribution in [2.45, 2.75) is 81.6 Å². The van der Waals surface area contributed by atoms with Gasteiger partial charge in [0.2, 0.25) is 5.91 Å². The number of piperidine rings is 1. The van der Waals surface area contributed by atoms with Crippen LogP contribution in [0.25, 0.3) is 0 Å². The van der Waals surface area contributed by atoms with E-state index in [9.17, 15) is 31.1 Å². The summed E-state index contributed by atoms with van der Waals surface area (Å²) < 4.78 is 92.1. The number of rotatable bonds is 9. The fourth-order valence-corrected chi connectivity index (χ4v) is 7.67. The molecular weight excluding hydrogens is 624 g/mol. The third-order valence-corrected chi connectivity index (χ3v) is 10.3. The number of piperazine rings is 1. The van der Waals surface area contributed by atoms with Crippen LogP contribution in [-0.2, 0) is 29.0 Å². The molecular formula is C35H45F6N3O3. The molecule has 6 nitrogen and oxygen atoms in total. The molecule has 12 heteroatoms. The quantitative estimate of drug-likeness (QED) is 0.265. The Balaban J connectivity index is 1.35. The SMILES string of the molecule is COc1ccc([C@@]2(CCN3CCN(C4CCCCC4)CC3)CCCN(C(=O)Cc3cc(C(F)(F)F)cc(C(F)(F)F)c3)C2)cc1OC. The number of halogens is 6. The van der Waals surface area contributed by atoms with Gasteiger partial charge in [-0.3, -0.25) is 9.69 Å². The van der Waals surface area contributed by atoms with E-state index in [4.69, 9.17) is 9.47 Å². The predicted octanol–water partition coefficient (Wildman–Crippen LogP) is 7.18. The van der Waals surface area contributed by atoms with Crippen LogP contribution in [0, 0.1) is 0 Å². The highest BCUT2D eigenvalue weighted by molar-refractivity contribution is 5.79. The molecule has 0 unspecified atom stereocenters. The van der Waals surface area contributed by atoms with Gasteiger partial charge in [0.05, 0.1) is 31.8 Å². The summed E-state index contributed by atoms with van der Waals surface area (Å²) in [5.41, 5.74) is -2.67. The number of methoxy groups -OCH3 is 2. The minimum atomic E-state index is -4.98. The van der Waals surface area contributed by atoms with Crippen molar-refractivity contribution in [1.29, 1.82) is 0 Å². The zero-order valence-electron chi connectivity index (χ0n) is 27.2. The predicted molar refractivity (Wildman–Crippen MR) is 167 cm³/mol. The van der Waals surface area contributed by atoms with Gasteiger partial charge >= 0.3 is 12.4 Å². The van der Waals surface area contributed by atoms with Gasteiger partial charge in [-0.2, -0.15) is 26.3 Å². The maximum absolute atomic E-state index is 13.6. The molecule has 47 heavy (non-hydrogen) atoms. The van der Waals surface area contributed by atoms with Crippen molar-refractivity contribution in [1.82, 2.24) is 14.7 Å². The molecule has 2 heterocycles. The highest BCUT2D eigenvalue weighted by atomic mass is 19.4. The average Bonchev–Trinajstić information content (AvgIpc) is 3.06. The average molecular weight is 670 g/mol. The van der Waals surface area contributed by atoms with Gasteiger partial charge in [0, 0.05) is 50.7 Å². The summed E-state index contributed by atoms with van der Waals surface area (Å²) >= 11 is 0. The first-order chi connectivity index (χ1) is 22.3. The number of carbonyl (C=O) groups is 1. The Hall–Kier alpha value is -2.99. The fourth-order valence-electron chi connectivity index (χ4n) is 7.67. The van der Waals surface area contributed by atoms with Gasteiger partial charge in [-0.15, -0.1) is 0 Å². The lowest BCUT2D eigenvalue weighted by Gasteiger charge is -2.46. The molecule has 3 fully saturated rings. The van der Waals surface area contributed by atoms with E-state index in [2.05, 4.69) is 9.80 Å². The lowest BCUT2D eigenvalue weighted by molar-refractivity contribution is -0.143. The minimum absolute atomic E-state index is 0.0892. The minimum Gasteiger partial charge on any atom is -0.493 e. The zero-order valence-corrected chi connectivity index (χ0v) is 27.2. The number of nitrogens with zero attached hydrogens (tertiary/aromatic N) is 3. The van der Waals surface area contributed by atoms with E-state index in [1.165, 1.54) is 32.1 Å². The van der Waals surface area contributed by atoms with Crippen LogP contribution in [0.3, 0.4) is 0 Å². The molecule has 1 amide bonds. The van der Waals surface area contributed by atoms with Crippen molar-refractivity contribution in [2.75, 3.05) is 60.0 Å². The Morgan fingerprint density at radius 1 is 0.809 bits per heavy atom. The van der Waals surface area contributed by atoms with Crippen LogP contribution in [0.4, 0.5) is 26.3 Å². The smallest absolute Gasteiger partial charge is 0.416 e. The number of benzene rings is 2. The normalized spacial score (nSPS) is 22.3. The Morgan fingerprint density at radius 2 is 1.45 bits per heavy atom. The Labute approximate surface area is 273 Å². The van der Waals surface area contributed by atoms with E-state index < -0.39 is 41.2 Å². The molecule has 260 valence electrons. The summed E-state index contributed by atoms with van der Waals surface area (Å²) in [4.78, 5) is 20.3. The standard InChI is InChI=1S/C35H45F6N3O3/c1-46-30-10-9-26(23-31(30)47-2)33(12-14-42-15-17-43(18-16-42)29-7-4-3-5-8-29)11-6-13-44(24-33)32(45)21-25-19-27(34(36,37)38)22-28(20-25)35(39,40)41/h9-10,19-20,22-23,29H,3-8,11-18,21,24H2,1-2H3/t33-/m1/s1. The molecule has 1 atom stereocenters. The van der Waals surface area contributed by atoms with Crippen molar-refractivity contribution in [3.63, 3.8) is 0 Å². The molecule has 0 radical (unpaired) electrons. The third-order valence-electron chi connectivity index (χ3n) is 10.3. The van der Waals surface area contributed by atoms with E-state index >= 15 is 0 Å². The summed E-state index contributed by atoms with van der Waals surface area (Å²) in [6.07, 6.45) is -1.91. The van der Waals surface area contributed by atoms with E-state index in [1.54, 1.807) is 19.1 Å². The van der Waals surface area contributed by atoms with E-state index in [1.807, 2.05) is 18.2 Å². The highest BCUT2D eigenvalue weighted by Crippen LogP contribution is 2.42. The lowest BCUT2D eigenvalue weighted by atomic mass is 9.71. The number of likely N-dealkylation sites (tertiary alicyclic amines) is 1. The summed E-state index contributed by atoms with van der Waals surface area (Å²) in [6, 6.07) is 7.78. The van der Waals surface area contributed by atoms with Crippen LogP contribution < -0.4 is 9.47 Å². The van der Waals surface area contributed by atoms with Gasteiger partial charge < -0.3 is 19.3 Å². The highest BCUT2D eigenvalue weighted by Gasteiger charge is 2.41. The van der Waals surface area contributed by atoms with Crippen molar-refractivity contribution in [2.24, 2.45) is 0 Å². The number of hydrogen-bond acceptors (Lipinski definition) is 5. The topological polar surface area (TPSA) is 45.2 Å². The maximum Gasteiger partial charge on any atom is 0.416 e. The molecule has 1 saturated carbocycles. The molecule has 0 aromatic heterocycles. The van der Waals surface area contributed by atoms with Gasteiger partial charge in [-0.05, 0) is 80.1 Å². The van der Waals surface area contributed by atoms with Crippen molar-refractivity contribution < 1.29 is 40.6 Å². The van der Waals surface area contributed by atoms with Crippen molar-refractivity contribution in [3.8, 4) is 11.5 Å². The molecule has 2 aromatic carbocycles. The van der Waals surface area contributed by atoms with Crippen LogP contribution in [-0.4, -0.2) is 86.7 Å². The summed E-state index contributed by atoms with van der Waals surface area (Å²) in [6.45, 7) is 5.44. The van der Waals surface area contributed by atoms with Crippen molar-refractivity contribution >= 4 is 5.91 Å². The number of ether oxygens (including phenoxy) is 2. The zero-order chi connectivity index (χ0) is 33.8.